The fraction of sp³-hybridized carbons (Fsp3) is 0. The number of rotatable bonds is 5. The fourth-order valence-corrected chi connectivity index (χ4v) is 8.25. The van der Waals surface area contributed by atoms with Crippen LogP contribution in [0.1, 0.15) is 11.1 Å². The molecule has 0 bridgehead atoms. The van der Waals surface area contributed by atoms with Crippen molar-refractivity contribution in [3.05, 3.63) is 182 Å². The van der Waals surface area contributed by atoms with E-state index in [4.69, 9.17) is 0 Å². The summed E-state index contributed by atoms with van der Waals surface area (Å²) in [6.45, 7) is 8.40. The topological polar surface area (TPSA) is 9.86 Å². The largest absolute Gasteiger partial charge is 0.309 e. The molecule has 0 spiro atoms. The highest BCUT2D eigenvalue weighted by molar-refractivity contribution is 6.16. The van der Waals surface area contributed by atoms with Crippen LogP contribution in [0.5, 0.6) is 0 Å². The predicted molar refractivity (Wildman–Crippen MR) is 216 cm³/mol. The number of aromatic nitrogens is 2. The van der Waals surface area contributed by atoms with Gasteiger partial charge in [-0.3, -0.25) is 0 Å². The normalized spacial score (nSPS) is 11.8. The summed E-state index contributed by atoms with van der Waals surface area (Å²) in [5.74, 6) is 0. The molecule has 8 aromatic carbocycles. The smallest absolute Gasteiger partial charge is 0.0541 e. The third-order valence-corrected chi connectivity index (χ3v) is 10.5. The van der Waals surface area contributed by atoms with Crippen LogP contribution in [0.2, 0.25) is 0 Å². The first-order valence-electron chi connectivity index (χ1n) is 17.1. The summed E-state index contributed by atoms with van der Waals surface area (Å²) in [6, 6.07) is 57.4. The molecule has 0 N–H and O–H groups in total. The number of fused-ring (bicyclic) bond motifs is 9. The van der Waals surface area contributed by atoms with E-state index < -0.39 is 0 Å². The van der Waals surface area contributed by atoms with Crippen LogP contribution in [-0.2, 0) is 0 Å². The van der Waals surface area contributed by atoms with Crippen LogP contribution in [0, 0.1) is 0 Å². The maximum absolute atomic E-state index is 4.22. The van der Waals surface area contributed by atoms with Gasteiger partial charge in [-0.15, -0.1) is 0 Å². The molecule has 0 aliphatic heterocycles. The Hall–Kier alpha value is -6.64. The van der Waals surface area contributed by atoms with E-state index in [1.165, 1.54) is 82.0 Å². The van der Waals surface area contributed by atoms with Crippen molar-refractivity contribution < 1.29 is 0 Å². The van der Waals surface area contributed by atoms with Gasteiger partial charge in [-0.2, -0.15) is 0 Å². The maximum atomic E-state index is 4.22. The lowest BCUT2D eigenvalue weighted by Gasteiger charge is -2.15. The number of hydrogen-bond donors (Lipinski definition) is 0. The van der Waals surface area contributed by atoms with Crippen LogP contribution in [0.15, 0.2) is 171 Å². The SMILES string of the molecule is C=Cc1c(C=C)c2cc(-n3c4ccccc4c4cc(-c5ccc6c(c5)c5ccccc5n6-c5ccccc5)ccc43)ccc2c2ccccc12. The number of para-hydroxylation sites is 3. The van der Waals surface area contributed by atoms with Crippen molar-refractivity contribution >= 4 is 77.3 Å². The average Bonchev–Trinajstić information content (AvgIpc) is 3.69. The van der Waals surface area contributed by atoms with Gasteiger partial charge in [0.15, 0.2) is 0 Å². The van der Waals surface area contributed by atoms with Crippen LogP contribution in [0.4, 0.5) is 0 Å². The van der Waals surface area contributed by atoms with E-state index in [2.05, 4.69) is 180 Å². The van der Waals surface area contributed by atoms with Crippen molar-refractivity contribution in [2.75, 3.05) is 0 Å². The quantitative estimate of drug-likeness (QED) is 0.166. The van der Waals surface area contributed by atoms with Crippen LogP contribution in [0.3, 0.4) is 0 Å². The minimum atomic E-state index is 1.11. The third-order valence-electron chi connectivity index (χ3n) is 10.5. The zero-order chi connectivity index (χ0) is 33.3. The third kappa shape index (κ3) is 4.03. The zero-order valence-corrected chi connectivity index (χ0v) is 27.5. The average molecular weight is 637 g/mol. The maximum Gasteiger partial charge on any atom is 0.0541 e. The number of nitrogens with zero attached hydrogens (tertiary/aromatic N) is 2. The molecule has 0 saturated heterocycles. The Morgan fingerprint density at radius 3 is 1.38 bits per heavy atom. The van der Waals surface area contributed by atoms with Gasteiger partial charge in [-0.05, 0) is 104 Å². The molecule has 50 heavy (non-hydrogen) atoms. The van der Waals surface area contributed by atoms with Crippen molar-refractivity contribution in [1.29, 1.82) is 0 Å². The van der Waals surface area contributed by atoms with Gasteiger partial charge in [0.2, 0.25) is 0 Å². The first-order valence-corrected chi connectivity index (χ1v) is 17.1. The molecule has 0 aliphatic carbocycles. The predicted octanol–water partition coefficient (Wildman–Crippen LogP) is 13.1. The second kappa shape index (κ2) is 10.9. The minimum Gasteiger partial charge on any atom is -0.309 e. The standard InChI is InChI=1S/C48H32N2/c1-3-35-36(4-2)42-30-34(24-25-39(42)38-17-9-8-16-37(35)38)50-46-21-13-11-19-41(46)44-29-32(23-27-48(44)50)31-22-26-47-43(28-31)40-18-10-12-20-45(40)49(47)33-14-6-5-7-15-33/h3-30H,1-2H2. The van der Waals surface area contributed by atoms with Gasteiger partial charge in [0, 0.05) is 32.9 Å². The van der Waals surface area contributed by atoms with E-state index in [0.717, 1.165) is 16.8 Å². The molecular formula is C48H32N2. The summed E-state index contributed by atoms with van der Waals surface area (Å²) in [6.07, 6.45) is 3.94. The minimum absolute atomic E-state index is 1.11. The van der Waals surface area contributed by atoms with E-state index in [9.17, 15) is 0 Å². The number of hydrogen-bond acceptors (Lipinski definition) is 0. The summed E-state index contributed by atoms with van der Waals surface area (Å²) < 4.78 is 4.77. The lowest BCUT2D eigenvalue weighted by Crippen LogP contribution is -1.96. The lowest BCUT2D eigenvalue weighted by atomic mass is 9.91. The summed E-state index contributed by atoms with van der Waals surface area (Å²) >= 11 is 0. The van der Waals surface area contributed by atoms with E-state index in [0.29, 0.717) is 0 Å². The van der Waals surface area contributed by atoms with Gasteiger partial charge in [0.1, 0.15) is 0 Å². The summed E-state index contributed by atoms with van der Waals surface area (Å²) in [7, 11) is 0. The summed E-state index contributed by atoms with van der Waals surface area (Å²) in [5.41, 5.74) is 11.7. The molecule has 0 saturated carbocycles. The lowest BCUT2D eigenvalue weighted by molar-refractivity contribution is 1.18. The Labute approximate surface area is 290 Å². The molecule has 0 radical (unpaired) electrons. The van der Waals surface area contributed by atoms with Gasteiger partial charge in [-0.25, -0.2) is 0 Å². The van der Waals surface area contributed by atoms with Crippen molar-refractivity contribution in [1.82, 2.24) is 9.13 Å². The first-order chi connectivity index (χ1) is 24.7. The van der Waals surface area contributed by atoms with Gasteiger partial charge >= 0.3 is 0 Å². The molecule has 234 valence electrons. The Balaban J connectivity index is 1.18. The Morgan fingerprint density at radius 1 is 0.320 bits per heavy atom. The van der Waals surface area contributed by atoms with Gasteiger partial charge < -0.3 is 9.13 Å². The molecule has 2 heterocycles. The first kappa shape index (κ1) is 28.4. The van der Waals surface area contributed by atoms with Crippen molar-refractivity contribution in [3.63, 3.8) is 0 Å². The van der Waals surface area contributed by atoms with Crippen molar-refractivity contribution in [3.8, 4) is 22.5 Å². The van der Waals surface area contributed by atoms with E-state index in [1.807, 2.05) is 12.2 Å². The molecule has 0 amide bonds. The van der Waals surface area contributed by atoms with Crippen molar-refractivity contribution in [2.45, 2.75) is 0 Å². The van der Waals surface area contributed by atoms with Crippen LogP contribution < -0.4 is 0 Å². The summed E-state index contributed by atoms with van der Waals surface area (Å²) in [4.78, 5) is 0. The summed E-state index contributed by atoms with van der Waals surface area (Å²) in [5, 5.41) is 9.81. The second-order valence-corrected chi connectivity index (χ2v) is 13.0. The Bertz CT molecular complexity index is 3010. The van der Waals surface area contributed by atoms with E-state index in [1.54, 1.807) is 0 Å². The molecule has 2 nitrogen and oxygen atoms in total. The number of benzene rings is 8. The highest BCUT2D eigenvalue weighted by Gasteiger charge is 2.17. The highest BCUT2D eigenvalue weighted by Crippen LogP contribution is 2.40. The molecule has 0 aliphatic rings. The van der Waals surface area contributed by atoms with E-state index >= 15 is 0 Å². The Kier molecular flexibility index (Phi) is 6.21. The highest BCUT2D eigenvalue weighted by atomic mass is 15.0. The molecule has 2 aromatic heterocycles. The van der Waals surface area contributed by atoms with Crippen LogP contribution in [-0.4, -0.2) is 9.13 Å². The molecule has 10 aromatic rings. The van der Waals surface area contributed by atoms with Crippen LogP contribution >= 0.6 is 0 Å². The second-order valence-electron chi connectivity index (χ2n) is 13.0. The van der Waals surface area contributed by atoms with Crippen LogP contribution in [0.25, 0.3) is 99.8 Å². The molecule has 0 unspecified atom stereocenters. The fourth-order valence-electron chi connectivity index (χ4n) is 8.25. The monoisotopic (exact) mass is 636 g/mol. The molecular weight excluding hydrogens is 605 g/mol. The molecule has 0 atom stereocenters. The zero-order valence-electron chi connectivity index (χ0n) is 27.5. The van der Waals surface area contributed by atoms with Crippen molar-refractivity contribution in [2.24, 2.45) is 0 Å². The van der Waals surface area contributed by atoms with Gasteiger partial charge in [0.05, 0.1) is 22.1 Å². The molecule has 10 rings (SSSR count). The van der Waals surface area contributed by atoms with Gasteiger partial charge in [0.25, 0.3) is 0 Å². The molecule has 0 fully saturated rings. The van der Waals surface area contributed by atoms with Gasteiger partial charge in [-0.1, -0.05) is 122 Å². The van der Waals surface area contributed by atoms with E-state index in [-0.39, 0.29) is 0 Å². The molecule has 2 heteroatoms. The Morgan fingerprint density at radius 2 is 0.780 bits per heavy atom.